The molecule has 0 N–H and O–H groups in total. The molecule has 1 saturated heterocycles. The highest BCUT2D eigenvalue weighted by Gasteiger charge is 2.43. The fourth-order valence-electron chi connectivity index (χ4n) is 3.74. The maximum atomic E-state index is 13.6. The van der Waals surface area contributed by atoms with Crippen LogP contribution in [0.15, 0.2) is 36.5 Å². The first kappa shape index (κ1) is 15.8. The van der Waals surface area contributed by atoms with Gasteiger partial charge in [-0.2, -0.15) is 0 Å². The normalized spacial score (nSPS) is 21.8. The van der Waals surface area contributed by atoms with Gasteiger partial charge in [0.1, 0.15) is 17.5 Å². The summed E-state index contributed by atoms with van der Waals surface area (Å²) in [5, 5.41) is 0. The molecule has 1 saturated carbocycles. The maximum absolute atomic E-state index is 13.6. The Kier molecular flexibility index (Phi) is 3.96. The predicted octanol–water partition coefficient (Wildman–Crippen LogP) is 3.67. The van der Waals surface area contributed by atoms with E-state index in [2.05, 4.69) is 16.8 Å². The number of halogens is 2. The summed E-state index contributed by atoms with van der Waals surface area (Å²) < 4.78 is 26.7. The number of nitrogens with zero attached hydrogens (tertiary/aromatic N) is 2. The van der Waals surface area contributed by atoms with Gasteiger partial charge in [0.05, 0.1) is 5.56 Å². The lowest BCUT2D eigenvalue weighted by molar-refractivity contribution is -0.117. The van der Waals surface area contributed by atoms with Crippen LogP contribution in [0.5, 0.6) is 0 Å². The molecule has 2 fully saturated rings. The zero-order valence-corrected chi connectivity index (χ0v) is 13.5. The molecule has 4 rings (SSSR count). The van der Waals surface area contributed by atoms with E-state index in [4.69, 9.17) is 0 Å². The van der Waals surface area contributed by atoms with E-state index in [1.54, 1.807) is 23.2 Å². The number of aromatic nitrogens is 1. The molecule has 2 aliphatic rings. The molecule has 0 spiro atoms. The van der Waals surface area contributed by atoms with E-state index in [0.29, 0.717) is 23.7 Å². The second kappa shape index (κ2) is 6.29. The molecule has 25 heavy (non-hydrogen) atoms. The van der Waals surface area contributed by atoms with E-state index in [1.807, 2.05) is 0 Å². The molecule has 0 unspecified atom stereocenters. The smallest absolute Gasteiger partial charge is 0.228 e. The molecule has 1 aliphatic carbocycles. The third-order valence-electron chi connectivity index (χ3n) is 4.92. The van der Waals surface area contributed by atoms with Crippen LogP contribution in [-0.2, 0) is 4.79 Å². The first-order chi connectivity index (χ1) is 12.1. The van der Waals surface area contributed by atoms with E-state index in [9.17, 15) is 13.6 Å². The summed E-state index contributed by atoms with van der Waals surface area (Å²) in [4.78, 5) is 18.4. The number of rotatable bonds is 1. The number of fused-ring (bicyclic) bond motifs is 1. The number of hydrogen-bond donors (Lipinski definition) is 0. The third kappa shape index (κ3) is 3.00. The van der Waals surface area contributed by atoms with Crippen molar-refractivity contribution in [1.82, 2.24) is 4.98 Å². The van der Waals surface area contributed by atoms with Crippen molar-refractivity contribution in [1.29, 1.82) is 0 Å². The molecular weight excluding hydrogens is 322 g/mol. The standard InChI is InChI=1S/C20H16F2N2O/c21-16-7-8-17(22)14(10-16)6-4-13-5-9-19(23-12-13)24-18-3-1-2-15(18)11-20(24)25/h5,7-10,12,15,18H,1-3,11H2/t15-,18-/m1/s1. The van der Waals surface area contributed by atoms with Crippen molar-refractivity contribution in [3.05, 3.63) is 59.3 Å². The summed E-state index contributed by atoms with van der Waals surface area (Å²) in [7, 11) is 0. The largest absolute Gasteiger partial charge is 0.293 e. The Morgan fingerprint density at radius 2 is 2.00 bits per heavy atom. The van der Waals surface area contributed by atoms with Crippen LogP contribution in [0.4, 0.5) is 14.6 Å². The summed E-state index contributed by atoms with van der Waals surface area (Å²) in [6, 6.07) is 6.95. The molecule has 5 heteroatoms. The minimum Gasteiger partial charge on any atom is -0.293 e. The Balaban J connectivity index is 1.56. The highest BCUT2D eigenvalue weighted by atomic mass is 19.1. The molecule has 3 nitrogen and oxygen atoms in total. The van der Waals surface area contributed by atoms with Gasteiger partial charge >= 0.3 is 0 Å². The highest BCUT2D eigenvalue weighted by molar-refractivity contribution is 5.95. The average Bonchev–Trinajstić information content (AvgIpc) is 3.16. The number of benzene rings is 1. The zero-order chi connectivity index (χ0) is 17.4. The summed E-state index contributed by atoms with van der Waals surface area (Å²) in [5.74, 6) is 5.53. The van der Waals surface area contributed by atoms with E-state index in [0.717, 1.165) is 37.5 Å². The fourth-order valence-corrected chi connectivity index (χ4v) is 3.74. The van der Waals surface area contributed by atoms with Gasteiger partial charge in [-0.1, -0.05) is 18.3 Å². The quantitative estimate of drug-likeness (QED) is 0.744. The average molecular weight is 338 g/mol. The number of amides is 1. The minimum absolute atomic E-state index is 0.00703. The Morgan fingerprint density at radius 3 is 2.80 bits per heavy atom. The van der Waals surface area contributed by atoms with Gasteiger partial charge in [0.2, 0.25) is 5.91 Å². The van der Waals surface area contributed by atoms with Crippen LogP contribution in [0.3, 0.4) is 0 Å². The van der Waals surface area contributed by atoms with Crippen LogP contribution >= 0.6 is 0 Å². The van der Waals surface area contributed by atoms with Crippen LogP contribution in [0, 0.1) is 29.4 Å². The molecule has 2 heterocycles. The molecule has 1 aromatic heterocycles. The van der Waals surface area contributed by atoms with Crippen molar-refractivity contribution < 1.29 is 13.6 Å². The Bertz CT molecular complexity index is 883. The van der Waals surface area contributed by atoms with E-state index in [1.165, 1.54) is 0 Å². The summed E-state index contributed by atoms with van der Waals surface area (Å²) in [6.07, 6.45) is 5.46. The second-order valence-electron chi connectivity index (χ2n) is 6.51. The lowest BCUT2D eigenvalue weighted by atomic mass is 10.0. The first-order valence-corrected chi connectivity index (χ1v) is 8.37. The zero-order valence-electron chi connectivity index (χ0n) is 13.5. The number of anilines is 1. The molecule has 1 aromatic carbocycles. The Hall–Kier alpha value is -2.74. The number of carbonyl (C=O) groups excluding carboxylic acids is 1. The van der Waals surface area contributed by atoms with E-state index < -0.39 is 11.6 Å². The Labute approximate surface area is 144 Å². The molecule has 0 radical (unpaired) electrons. The highest BCUT2D eigenvalue weighted by Crippen LogP contribution is 2.40. The SMILES string of the molecule is O=C1C[C@H]2CCC[C@H]2N1c1ccc(C#Cc2cc(F)ccc2F)cn1. The van der Waals surface area contributed by atoms with Gasteiger partial charge in [0.25, 0.3) is 0 Å². The van der Waals surface area contributed by atoms with E-state index >= 15 is 0 Å². The number of hydrogen-bond acceptors (Lipinski definition) is 2. The van der Waals surface area contributed by atoms with Crippen LogP contribution in [0.25, 0.3) is 0 Å². The van der Waals surface area contributed by atoms with Crippen molar-refractivity contribution in [3.63, 3.8) is 0 Å². The predicted molar refractivity (Wildman–Crippen MR) is 89.8 cm³/mol. The molecule has 1 aliphatic heterocycles. The van der Waals surface area contributed by atoms with Gasteiger partial charge in [-0.25, -0.2) is 13.8 Å². The molecule has 2 aromatic rings. The number of carbonyl (C=O) groups is 1. The van der Waals surface area contributed by atoms with Gasteiger partial charge in [0.15, 0.2) is 0 Å². The summed E-state index contributed by atoms with van der Waals surface area (Å²) in [6.45, 7) is 0. The van der Waals surface area contributed by atoms with Gasteiger partial charge in [-0.15, -0.1) is 0 Å². The molecule has 1 amide bonds. The molecule has 2 atom stereocenters. The van der Waals surface area contributed by atoms with E-state index in [-0.39, 0.29) is 17.5 Å². The maximum Gasteiger partial charge on any atom is 0.228 e. The van der Waals surface area contributed by atoms with Gasteiger partial charge in [-0.05, 0) is 49.1 Å². The second-order valence-corrected chi connectivity index (χ2v) is 6.51. The lowest BCUT2D eigenvalue weighted by Crippen LogP contribution is -2.33. The van der Waals surface area contributed by atoms with Crippen LogP contribution in [0.1, 0.15) is 36.8 Å². The van der Waals surface area contributed by atoms with Crippen molar-refractivity contribution >= 4 is 11.7 Å². The van der Waals surface area contributed by atoms with Crippen LogP contribution in [-0.4, -0.2) is 16.9 Å². The van der Waals surface area contributed by atoms with Gasteiger partial charge < -0.3 is 0 Å². The lowest BCUT2D eigenvalue weighted by Gasteiger charge is -2.22. The topological polar surface area (TPSA) is 33.2 Å². The van der Waals surface area contributed by atoms with Gasteiger partial charge in [-0.3, -0.25) is 9.69 Å². The molecule has 126 valence electrons. The van der Waals surface area contributed by atoms with Crippen molar-refractivity contribution in [2.24, 2.45) is 5.92 Å². The Morgan fingerprint density at radius 1 is 1.12 bits per heavy atom. The number of pyridine rings is 1. The van der Waals surface area contributed by atoms with Crippen molar-refractivity contribution in [3.8, 4) is 11.8 Å². The fraction of sp³-hybridized carbons (Fsp3) is 0.300. The monoisotopic (exact) mass is 338 g/mol. The molecular formula is C20H16F2N2O. The first-order valence-electron chi connectivity index (χ1n) is 8.37. The van der Waals surface area contributed by atoms with Crippen LogP contribution < -0.4 is 4.90 Å². The summed E-state index contributed by atoms with van der Waals surface area (Å²) >= 11 is 0. The summed E-state index contributed by atoms with van der Waals surface area (Å²) in [5.41, 5.74) is 0.592. The molecule has 0 bridgehead atoms. The third-order valence-corrected chi connectivity index (χ3v) is 4.92. The van der Waals surface area contributed by atoms with Crippen molar-refractivity contribution in [2.45, 2.75) is 31.7 Å². The van der Waals surface area contributed by atoms with Crippen molar-refractivity contribution in [2.75, 3.05) is 4.90 Å². The minimum atomic E-state index is -0.562. The van der Waals surface area contributed by atoms with Gasteiger partial charge in [0, 0.05) is 24.2 Å². The van der Waals surface area contributed by atoms with Crippen LogP contribution in [0.2, 0.25) is 0 Å².